The monoisotopic (exact) mass is 438 g/mol. The molecule has 3 aromatic carbocycles. The van der Waals surface area contributed by atoms with Crippen LogP contribution in [-0.4, -0.2) is 26.6 Å². The number of aromatic nitrogens is 3. The topological polar surface area (TPSA) is 68.1 Å². The summed E-state index contributed by atoms with van der Waals surface area (Å²) in [5.74, 6) is -0.765. The minimum absolute atomic E-state index is 0.277. The van der Waals surface area contributed by atoms with Crippen LogP contribution in [0.3, 0.4) is 0 Å². The molecule has 6 rings (SSSR count). The first-order valence-corrected chi connectivity index (χ1v) is 10.4. The highest BCUT2D eigenvalue weighted by molar-refractivity contribution is 6.39. The van der Waals surface area contributed by atoms with Gasteiger partial charge in [0, 0.05) is 29.2 Å². The molecule has 0 bridgehead atoms. The van der Waals surface area contributed by atoms with Crippen molar-refractivity contribution in [1.82, 2.24) is 14.8 Å². The number of rotatable bonds is 2. The lowest BCUT2D eigenvalue weighted by Crippen LogP contribution is -2.29. The molecule has 0 radical (unpaired) electrons. The van der Waals surface area contributed by atoms with Crippen molar-refractivity contribution in [2.24, 2.45) is 7.05 Å². The second-order valence-electron chi connectivity index (χ2n) is 7.67. The Balaban J connectivity index is 1.61. The summed E-state index contributed by atoms with van der Waals surface area (Å²) in [5, 5.41) is 7.55. The number of anilines is 1. The molecular weight excluding hydrogens is 424 g/mol. The van der Waals surface area contributed by atoms with E-state index in [9.17, 15) is 9.59 Å². The Hall–Kier alpha value is -4.03. The molecule has 2 amide bonds. The van der Waals surface area contributed by atoms with E-state index in [1.165, 1.54) is 11.1 Å². The Morgan fingerprint density at radius 1 is 0.875 bits per heavy atom. The molecule has 0 aliphatic carbocycles. The van der Waals surface area contributed by atoms with Gasteiger partial charge in [-0.1, -0.05) is 60.1 Å². The third-order valence-electron chi connectivity index (χ3n) is 5.83. The Morgan fingerprint density at radius 2 is 1.62 bits per heavy atom. The standard InChI is InChI=1S/C25H15ClN4O2/c1-29-23-21(22(28-29)15-9-11-16(26)12-10-15)20-18(13-27-23)24(31)30(25(20)32)19-8-4-6-14-5-2-3-7-17(14)19/h2-13H,1H3. The van der Waals surface area contributed by atoms with Gasteiger partial charge < -0.3 is 0 Å². The molecule has 32 heavy (non-hydrogen) atoms. The van der Waals surface area contributed by atoms with Crippen LogP contribution in [0.1, 0.15) is 20.7 Å². The number of fused-ring (bicyclic) bond motifs is 4. The zero-order valence-corrected chi connectivity index (χ0v) is 17.7. The number of hydrogen-bond donors (Lipinski definition) is 0. The van der Waals surface area contributed by atoms with Gasteiger partial charge in [-0.05, 0) is 23.6 Å². The smallest absolute Gasteiger partial charge is 0.267 e. The molecule has 0 atom stereocenters. The second kappa shape index (κ2) is 6.73. The predicted octanol–water partition coefficient (Wildman–Crippen LogP) is 5.24. The quantitative estimate of drug-likeness (QED) is 0.353. The summed E-state index contributed by atoms with van der Waals surface area (Å²) < 4.78 is 1.62. The molecule has 1 aliphatic rings. The number of hydrogen-bond acceptors (Lipinski definition) is 4. The molecule has 0 fully saturated rings. The van der Waals surface area contributed by atoms with Crippen molar-refractivity contribution in [3.63, 3.8) is 0 Å². The maximum absolute atomic E-state index is 13.7. The molecule has 154 valence electrons. The lowest BCUT2D eigenvalue weighted by molar-refractivity contribution is 0.0927. The molecule has 1 aliphatic heterocycles. The fourth-order valence-corrected chi connectivity index (χ4v) is 4.48. The van der Waals surface area contributed by atoms with Crippen molar-refractivity contribution < 1.29 is 9.59 Å². The molecule has 0 saturated carbocycles. The SMILES string of the molecule is Cn1nc(-c2ccc(Cl)cc2)c2c3c(cnc21)C(=O)N(c1cccc2ccccc12)C3=O. The van der Waals surface area contributed by atoms with Crippen molar-refractivity contribution in [2.75, 3.05) is 4.90 Å². The number of amides is 2. The first kappa shape index (κ1) is 18.7. The van der Waals surface area contributed by atoms with Crippen molar-refractivity contribution in [1.29, 1.82) is 0 Å². The largest absolute Gasteiger partial charge is 0.268 e. The van der Waals surface area contributed by atoms with E-state index in [4.69, 9.17) is 11.6 Å². The molecule has 6 nitrogen and oxygen atoms in total. The maximum Gasteiger partial charge on any atom is 0.267 e. The summed E-state index contributed by atoms with van der Waals surface area (Å²) in [4.78, 5) is 32.9. The third kappa shape index (κ3) is 2.53. The van der Waals surface area contributed by atoms with Gasteiger partial charge in [0.1, 0.15) is 5.69 Å². The highest BCUT2D eigenvalue weighted by Gasteiger charge is 2.40. The summed E-state index contributed by atoms with van der Waals surface area (Å²) in [6, 6.07) is 20.5. The van der Waals surface area contributed by atoms with E-state index in [-0.39, 0.29) is 17.4 Å². The van der Waals surface area contributed by atoms with E-state index >= 15 is 0 Å². The highest BCUT2D eigenvalue weighted by atomic mass is 35.5. The van der Waals surface area contributed by atoms with Gasteiger partial charge in [0.15, 0.2) is 5.65 Å². The molecule has 0 saturated heterocycles. The van der Waals surface area contributed by atoms with Gasteiger partial charge in [0.25, 0.3) is 11.8 Å². The molecular formula is C25H15ClN4O2. The number of nitrogens with zero attached hydrogens (tertiary/aromatic N) is 4. The molecule has 0 unspecified atom stereocenters. The van der Waals surface area contributed by atoms with Gasteiger partial charge in [-0.25, -0.2) is 14.6 Å². The van der Waals surface area contributed by atoms with Crippen molar-refractivity contribution in [2.45, 2.75) is 0 Å². The van der Waals surface area contributed by atoms with Crippen LogP contribution in [0.4, 0.5) is 5.69 Å². The number of carbonyl (C=O) groups excluding carboxylic acids is 2. The molecule has 0 N–H and O–H groups in total. The van der Waals surface area contributed by atoms with Crippen LogP contribution in [0.5, 0.6) is 0 Å². The lowest BCUT2D eigenvalue weighted by Gasteiger charge is -2.16. The van der Waals surface area contributed by atoms with Crippen LogP contribution in [0.15, 0.2) is 72.9 Å². The summed E-state index contributed by atoms with van der Waals surface area (Å²) in [6.45, 7) is 0. The third-order valence-corrected chi connectivity index (χ3v) is 6.08. The normalized spacial score (nSPS) is 13.4. The first-order chi connectivity index (χ1) is 15.5. The number of aryl methyl sites for hydroxylation is 1. The number of halogens is 1. The van der Waals surface area contributed by atoms with Crippen molar-refractivity contribution in [3.05, 3.63) is 89.1 Å². The zero-order chi connectivity index (χ0) is 22.0. The Kier molecular flexibility index (Phi) is 3.94. The zero-order valence-electron chi connectivity index (χ0n) is 16.9. The van der Waals surface area contributed by atoms with E-state index < -0.39 is 0 Å². The lowest BCUT2D eigenvalue weighted by atomic mass is 10.0. The van der Waals surface area contributed by atoms with Crippen molar-refractivity contribution >= 4 is 50.9 Å². The summed E-state index contributed by atoms with van der Waals surface area (Å²) in [5.41, 5.74) is 3.07. The second-order valence-corrected chi connectivity index (χ2v) is 8.11. The number of pyridine rings is 1. The van der Waals surface area contributed by atoms with E-state index in [0.717, 1.165) is 16.3 Å². The van der Waals surface area contributed by atoms with E-state index in [1.54, 1.807) is 29.9 Å². The van der Waals surface area contributed by atoms with Crippen LogP contribution in [0.25, 0.3) is 33.1 Å². The summed E-state index contributed by atoms with van der Waals surface area (Å²) in [7, 11) is 1.77. The average molecular weight is 439 g/mol. The Labute approximate surface area is 187 Å². The van der Waals surface area contributed by atoms with Crippen LogP contribution in [0, 0.1) is 0 Å². The van der Waals surface area contributed by atoms with Crippen LogP contribution >= 0.6 is 11.6 Å². The van der Waals surface area contributed by atoms with Gasteiger partial charge in [0.05, 0.1) is 22.2 Å². The number of imide groups is 1. The minimum atomic E-state index is -0.387. The number of benzene rings is 3. The average Bonchev–Trinajstić information content (AvgIpc) is 3.28. The van der Waals surface area contributed by atoms with Gasteiger partial charge in [0.2, 0.25) is 0 Å². The van der Waals surface area contributed by atoms with Gasteiger partial charge in [-0.3, -0.25) is 9.59 Å². The van der Waals surface area contributed by atoms with E-state index in [0.29, 0.717) is 33.0 Å². The fourth-order valence-electron chi connectivity index (χ4n) is 4.36. The predicted molar refractivity (Wildman–Crippen MR) is 124 cm³/mol. The van der Waals surface area contributed by atoms with Gasteiger partial charge in [-0.2, -0.15) is 5.10 Å². The van der Waals surface area contributed by atoms with Gasteiger partial charge in [-0.15, -0.1) is 0 Å². The van der Waals surface area contributed by atoms with Gasteiger partial charge >= 0.3 is 0 Å². The molecule has 0 spiro atoms. The molecule has 5 aromatic rings. The Bertz CT molecular complexity index is 1580. The van der Waals surface area contributed by atoms with E-state index in [2.05, 4.69) is 10.1 Å². The van der Waals surface area contributed by atoms with E-state index in [1.807, 2.05) is 48.5 Å². The molecule has 7 heteroatoms. The van der Waals surface area contributed by atoms with Crippen molar-refractivity contribution in [3.8, 4) is 11.3 Å². The Morgan fingerprint density at radius 3 is 2.44 bits per heavy atom. The summed E-state index contributed by atoms with van der Waals surface area (Å²) >= 11 is 6.05. The fraction of sp³-hybridized carbons (Fsp3) is 0.0400. The molecule has 3 heterocycles. The number of carbonyl (C=O) groups is 2. The highest BCUT2D eigenvalue weighted by Crippen LogP contribution is 2.39. The van der Waals surface area contributed by atoms with Crippen LogP contribution in [0.2, 0.25) is 5.02 Å². The van der Waals surface area contributed by atoms with Crippen LogP contribution in [-0.2, 0) is 7.05 Å². The first-order valence-electron chi connectivity index (χ1n) is 10.0. The molecule has 2 aromatic heterocycles. The van der Waals surface area contributed by atoms with Crippen LogP contribution < -0.4 is 4.90 Å². The summed E-state index contributed by atoms with van der Waals surface area (Å²) in [6.07, 6.45) is 1.47. The minimum Gasteiger partial charge on any atom is -0.268 e. The maximum atomic E-state index is 13.7.